The summed E-state index contributed by atoms with van der Waals surface area (Å²) in [5.74, 6) is 0. The molecule has 254 valence electrons. The Hall–Kier alpha value is -5.96. The molecule has 0 fully saturated rings. The maximum atomic E-state index is 14.7. The summed E-state index contributed by atoms with van der Waals surface area (Å²) in [6, 6.07) is 48.4. The molecule has 0 aliphatic carbocycles. The van der Waals surface area contributed by atoms with Crippen molar-refractivity contribution in [3.8, 4) is 22.3 Å². The monoisotopic (exact) mass is 716 g/mol. The van der Waals surface area contributed by atoms with E-state index >= 15 is 0 Å². The van der Waals surface area contributed by atoms with E-state index in [1.165, 1.54) is 7.94 Å². The molecule has 0 atom stereocenters. The van der Waals surface area contributed by atoms with Crippen molar-refractivity contribution in [3.05, 3.63) is 169 Å². The summed E-state index contributed by atoms with van der Waals surface area (Å²) in [5.41, 5.74) is 7.15. The number of fused-ring (bicyclic) bond motifs is 6. The van der Waals surface area contributed by atoms with E-state index in [1.54, 1.807) is 48.5 Å². The van der Waals surface area contributed by atoms with E-state index in [2.05, 4.69) is 0 Å². The van der Waals surface area contributed by atoms with E-state index in [9.17, 15) is 16.8 Å². The normalized spacial score (nSPS) is 12.3. The molecule has 0 radical (unpaired) electrons. The van der Waals surface area contributed by atoms with Gasteiger partial charge in [-0.25, -0.2) is 24.8 Å². The summed E-state index contributed by atoms with van der Waals surface area (Å²) in [7, 11) is -8.10. The third-order valence-corrected chi connectivity index (χ3v) is 13.4. The second-order valence-electron chi connectivity index (χ2n) is 13.1. The van der Waals surface area contributed by atoms with Crippen LogP contribution in [0.3, 0.4) is 0 Å². The van der Waals surface area contributed by atoms with Crippen LogP contribution in [0.15, 0.2) is 168 Å². The highest BCUT2D eigenvalue weighted by Crippen LogP contribution is 2.44. The molecule has 7 aromatic carbocycles. The third kappa shape index (κ3) is 4.75. The lowest BCUT2D eigenvalue weighted by Gasteiger charge is -2.17. The highest BCUT2D eigenvalue weighted by atomic mass is 32.2. The van der Waals surface area contributed by atoms with Crippen LogP contribution in [-0.4, -0.2) is 24.8 Å². The van der Waals surface area contributed by atoms with E-state index in [-0.39, 0.29) is 9.79 Å². The lowest BCUT2D eigenvalue weighted by atomic mass is 9.92. The van der Waals surface area contributed by atoms with E-state index in [4.69, 9.17) is 0 Å². The van der Waals surface area contributed by atoms with E-state index < -0.39 is 20.0 Å². The van der Waals surface area contributed by atoms with Crippen LogP contribution in [0.25, 0.3) is 65.9 Å². The highest BCUT2D eigenvalue weighted by molar-refractivity contribution is 7.90. The molecule has 8 heteroatoms. The fraction of sp³-hybridized carbons (Fsp3) is 0.0455. The molecule has 0 N–H and O–H groups in total. The van der Waals surface area contributed by atoms with Crippen LogP contribution in [0.1, 0.15) is 11.1 Å². The number of benzene rings is 7. The molecule has 0 aliphatic heterocycles. The van der Waals surface area contributed by atoms with Crippen LogP contribution in [-0.2, 0) is 20.0 Å². The lowest BCUT2D eigenvalue weighted by molar-refractivity contribution is 0.588. The van der Waals surface area contributed by atoms with Gasteiger partial charge < -0.3 is 0 Å². The van der Waals surface area contributed by atoms with Gasteiger partial charge in [-0.05, 0) is 61.4 Å². The van der Waals surface area contributed by atoms with E-state index in [1.807, 2.05) is 123 Å². The predicted octanol–water partition coefficient (Wildman–Crippen LogP) is 10.3. The summed E-state index contributed by atoms with van der Waals surface area (Å²) in [4.78, 5) is 0.388. The molecule has 0 saturated carbocycles. The number of hydrogen-bond donors (Lipinski definition) is 0. The fourth-order valence-electron chi connectivity index (χ4n) is 7.48. The second kappa shape index (κ2) is 11.8. The Balaban J connectivity index is 1.38. The number of para-hydroxylation sites is 4. The Morgan fingerprint density at radius 1 is 0.346 bits per heavy atom. The van der Waals surface area contributed by atoms with Gasteiger partial charge in [0.2, 0.25) is 0 Å². The van der Waals surface area contributed by atoms with Gasteiger partial charge in [-0.1, -0.05) is 132 Å². The molecule has 0 spiro atoms. The van der Waals surface area contributed by atoms with Gasteiger partial charge in [-0.3, -0.25) is 0 Å². The Morgan fingerprint density at radius 3 is 1.08 bits per heavy atom. The second-order valence-corrected chi connectivity index (χ2v) is 16.7. The Kier molecular flexibility index (Phi) is 7.26. The smallest absolute Gasteiger partial charge is 0.233 e. The van der Waals surface area contributed by atoms with Crippen molar-refractivity contribution in [2.75, 3.05) is 0 Å². The largest absolute Gasteiger partial charge is 0.268 e. The average Bonchev–Trinajstić information content (AvgIpc) is 3.70. The van der Waals surface area contributed by atoms with Crippen molar-refractivity contribution in [2.45, 2.75) is 23.6 Å². The molecule has 0 aliphatic rings. The van der Waals surface area contributed by atoms with Crippen LogP contribution in [0.5, 0.6) is 0 Å². The van der Waals surface area contributed by atoms with Crippen LogP contribution in [0.4, 0.5) is 0 Å². The van der Waals surface area contributed by atoms with Gasteiger partial charge in [0.15, 0.2) is 0 Å². The van der Waals surface area contributed by atoms with Crippen molar-refractivity contribution in [2.24, 2.45) is 0 Å². The summed E-state index contributed by atoms with van der Waals surface area (Å²) >= 11 is 0. The summed E-state index contributed by atoms with van der Waals surface area (Å²) in [5, 5.41) is 3.23. The quantitative estimate of drug-likeness (QED) is 0.172. The van der Waals surface area contributed by atoms with Gasteiger partial charge in [0.05, 0.1) is 31.9 Å². The molecule has 2 aromatic heterocycles. The van der Waals surface area contributed by atoms with Gasteiger partial charge >= 0.3 is 0 Å². The first-order valence-corrected chi connectivity index (χ1v) is 19.8. The van der Waals surface area contributed by atoms with Crippen molar-refractivity contribution in [1.29, 1.82) is 0 Å². The minimum atomic E-state index is -4.05. The van der Waals surface area contributed by atoms with Crippen LogP contribution in [0, 0.1) is 13.8 Å². The zero-order valence-corrected chi connectivity index (χ0v) is 30.0. The molecule has 0 saturated heterocycles. The van der Waals surface area contributed by atoms with Gasteiger partial charge in [0.1, 0.15) is 0 Å². The summed E-state index contributed by atoms with van der Waals surface area (Å²) in [6.45, 7) is 3.86. The van der Waals surface area contributed by atoms with Gasteiger partial charge in [-0.2, -0.15) is 0 Å². The van der Waals surface area contributed by atoms with Crippen molar-refractivity contribution < 1.29 is 16.8 Å². The lowest BCUT2D eigenvalue weighted by Crippen LogP contribution is -2.13. The average molecular weight is 717 g/mol. The SMILES string of the molecule is Cc1ccc(S(=O)(=O)n2c3ccccc3c3cccc(-c4ccccc4-c4cccc5c6ccccc6n(S(=O)(=O)c6ccc(C)cc6)c45)c32)cc1. The Morgan fingerprint density at radius 2 is 0.673 bits per heavy atom. The Labute approximate surface area is 301 Å². The van der Waals surface area contributed by atoms with Gasteiger partial charge in [-0.15, -0.1) is 0 Å². The topological polar surface area (TPSA) is 78.1 Å². The molecule has 0 unspecified atom stereocenters. The first kappa shape index (κ1) is 32.0. The first-order chi connectivity index (χ1) is 25.2. The molecule has 52 heavy (non-hydrogen) atoms. The zero-order chi connectivity index (χ0) is 35.8. The van der Waals surface area contributed by atoms with Gasteiger partial charge in [0, 0.05) is 32.7 Å². The van der Waals surface area contributed by atoms with Crippen LogP contribution in [0.2, 0.25) is 0 Å². The molecule has 9 rings (SSSR count). The van der Waals surface area contributed by atoms with Crippen LogP contribution >= 0.6 is 0 Å². The Bertz CT molecular complexity index is 2890. The molecule has 2 heterocycles. The summed E-state index contributed by atoms with van der Waals surface area (Å²) in [6.07, 6.45) is 0. The van der Waals surface area contributed by atoms with Gasteiger partial charge in [0.25, 0.3) is 20.0 Å². The number of aryl methyl sites for hydroxylation is 2. The number of nitrogens with zero attached hydrogens (tertiary/aromatic N) is 2. The van der Waals surface area contributed by atoms with Crippen molar-refractivity contribution >= 4 is 63.7 Å². The maximum Gasteiger partial charge on any atom is 0.268 e. The standard InChI is InChI=1S/C44H32N2O4S2/c1-29-21-25-31(26-22-29)51(47,48)45-41-19-7-5-13-35(41)39-17-9-15-37(43(39)45)33-11-3-4-12-34(33)38-16-10-18-40-36-14-6-8-20-42(36)46(44(38)40)52(49,50)32-27-23-30(2)24-28-32/h3-28H,1-2H3. The third-order valence-electron chi connectivity index (χ3n) is 9.93. The summed E-state index contributed by atoms with van der Waals surface area (Å²) < 4.78 is 61.5. The van der Waals surface area contributed by atoms with E-state index in [0.717, 1.165) is 43.8 Å². The minimum absolute atomic E-state index is 0.194. The molecule has 0 amide bonds. The number of aromatic nitrogens is 2. The molecular weight excluding hydrogens is 685 g/mol. The predicted molar refractivity (Wildman–Crippen MR) is 211 cm³/mol. The molecule has 9 aromatic rings. The zero-order valence-electron chi connectivity index (χ0n) is 28.4. The van der Waals surface area contributed by atoms with E-state index in [0.29, 0.717) is 33.2 Å². The van der Waals surface area contributed by atoms with Crippen molar-refractivity contribution in [3.63, 3.8) is 0 Å². The molecule has 0 bridgehead atoms. The molecular formula is C44H32N2O4S2. The van der Waals surface area contributed by atoms with Crippen molar-refractivity contribution in [1.82, 2.24) is 7.94 Å². The first-order valence-electron chi connectivity index (χ1n) is 16.9. The fourth-order valence-corrected chi connectivity index (χ4v) is 10.6. The van der Waals surface area contributed by atoms with Crippen LogP contribution < -0.4 is 0 Å². The number of rotatable bonds is 6. The highest BCUT2D eigenvalue weighted by Gasteiger charge is 2.28. The minimum Gasteiger partial charge on any atom is -0.233 e. The maximum absolute atomic E-state index is 14.7. The number of hydrogen-bond acceptors (Lipinski definition) is 4. The molecule has 6 nitrogen and oxygen atoms in total.